The number of carbonyl (C=O) groups excluding carboxylic acids is 5. The van der Waals surface area contributed by atoms with Crippen LogP contribution in [0.3, 0.4) is 0 Å². The second-order valence-electron chi connectivity index (χ2n) is 12.5. The van der Waals surface area contributed by atoms with Gasteiger partial charge in [0.2, 0.25) is 23.9 Å². The van der Waals surface area contributed by atoms with Crippen molar-refractivity contribution in [3.05, 3.63) is 0 Å². The lowest BCUT2D eigenvalue weighted by Gasteiger charge is -2.50. The summed E-state index contributed by atoms with van der Waals surface area (Å²) in [4.78, 5) is 76.4. The molecule has 0 bridgehead atoms. The fraction of sp³-hybridized carbons (Fsp3) is 0.760. The van der Waals surface area contributed by atoms with E-state index in [0.717, 1.165) is 0 Å². The van der Waals surface area contributed by atoms with E-state index in [2.05, 4.69) is 15.0 Å². The molecule has 190 valence electrons. The van der Waals surface area contributed by atoms with Crippen molar-refractivity contribution in [1.82, 2.24) is 9.80 Å². The van der Waals surface area contributed by atoms with Crippen molar-refractivity contribution in [2.45, 2.75) is 110 Å². The number of rotatable bonds is 4. The normalized spacial score (nSPS) is 35.5. The van der Waals surface area contributed by atoms with Gasteiger partial charge in [-0.2, -0.15) is 4.99 Å². The first-order valence-electron chi connectivity index (χ1n) is 12.0. The Bertz CT molecular complexity index is 1070. The summed E-state index contributed by atoms with van der Waals surface area (Å²) in [5, 5.41) is 0. The van der Waals surface area contributed by atoms with Crippen LogP contribution in [0.5, 0.6) is 0 Å². The van der Waals surface area contributed by atoms with Gasteiger partial charge in [-0.15, -0.1) is 0 Å². The Morgan fingerprint density at radius 1 is 0.800 bits per heavy atom. The van der Waals surface area contributed by atoms with Crippen molar-refractivity contribution < 1.29 is 24.0 Å². The Morgan fingerprint density at radius 3 is 1.63 bits per heavy atom. The van der Waals surface area contributed by atoms with Crippen LogP contribution >= 0.6 is 0 Å². The first kappa shape index (κ1) is 26.6. The standard InChI is InChI=1S/C25H35N5O5/c1-16(33)28-19-20(34)30(25(7)11-18(27-15-32)9-23(4,5)13-25)21(35)29(19)24(6)10-17(26-14-31)8-22(2,3)12-24/h17-18H,8-13H2,1-7H3. The molecule has 0 aromatic heterocycles. The van der Waals surface area contributed by atoms with E-state index >= 15 is 0 Å². The number of aliphatic imine (C=N–C) groups is 3. The summed E-state index contributed by atoms with van der Waals surface area (Å²) < 4.78 is 0. The van der Waals surface area contributed by atoms with Crippen LogP contribution in [0.2, 0.25) is 0 Å². The molecular weight excluding hydrogens is 450 g/mol. The number of imide groups is 1. The highest BCUT2D eigenvalue weighted by atomic mass is 16.2. The molecule has 2 aliphatic carbocycles. The van der Waals surface area contributed by atoms with Gasteiger partial charge in [-0.05, 0) is 63.2 Å². The largest absolute Gasteiger partial charge is 0.333 e. The minimum Gasteiger partial charge on any atom is -0.273 e. The molecule has 4 atom stereocenters. The quantitative estimate of drug-likeness (QED) is 0.342. The maximum Gasteiger partial charge on any atom is 0.333 e. The van der Waals surface area contributed by atoms with Gasteiger partial charge in [0.1, 0.15) is 0 Å². The molecular formula is C25H35N5O5. The van der Waals surface area contributed by atoms with E-state index in [9.17, 15) is 24.0 Å². The van der Waals surface area contributed by atoms with Crippen LogP contribution in [0.4, 0.5) is 4.79 Å². The molecule has 35 heavy (non-hydrogen) atoms. The number of hydrogen-bond donors (Lipinski definition) is 0. The lowest BCUT2D eigenvalue weighted by atomic mass is 9.66. The van der Waals surface area contributed by atoms with Gasteiger partial charge in [-0.1, -0.05) is 27.7 Å². The summed E-state index contributed by atoms with van der Waals surface area (Å²) in [6.07, 6.45) is 6.17. The van der Waals surface area contributed by atoms with Crippen LogP contribution in [0.15, 0.2) is 15.0 Å². The van der Waals surface area contributed by atoms with Crippen LogP contribution in [-0.4, -0.2) is 68.8 Å². The van der Waals surface area contributed by atoms with Crippen LogP contribution in [0.25, 0.3) is 0 Å². The maximum absolute atomic E-state index is 14.1. The third-order valence-electron chi connectivity index (χ3n) is 7.45. The average Bonchev–Trinajstić information content (AvgIpc) is 2.89. The maximum atomic E-state index is 14.1. The van der Waals surface area contributed by atoms with Gasteiger partial charge in [0.15, 0.2) is 0 Å². The summed E-state index contributed by atoms with van der Waals surface area (Å²) in [5.41, 5.74) is -2.46. The number of nitrogens with zero attached hydrogens (tertiary/aromatic N) is 5. The average molecular weight is 486 g/mol. The molecule has 4 unspecified atom stereocenters. The number of amidine groups is 1. The van der Waals surface area contributed by atoms with Gasteiger partial charge in [-0.25, -0.2) is 24.4 Å². The molecule has 0 N–H and O–H groups in total. The first-order chi connectivity index (χ1) is 16.1. The second-order valence-corrected chi connectivity index (χ2v) is 12.5. The fourth-order valence-electron chi connectivity index (χ4n) is 7.14. The van der Waals surface area contributed by atoms with Gasteiger partial charge in [0, 0.05) is 6.92 Å². The number of urea groups is 1. The molecule has 0 aromatic carbocycles. The summed E-state index contributed by atoms with van der Waals surface area (Å²) >= 11 is 0. The van der Waals surface area contributed by atoms with Gasteiger partial charge >= 0.3 is 6.03 Å². The van der Waals surface area contributed by atoms with E-state index in [1.165, 1.54) is 16.7 Å². The zero-order valence-electron chi connectivity index (χ0n) is 21.7. The molecule has 4 amide bonds. The molecule has 1 saturated heterocycles. The highest BCUT2D eigenvalue weighted by Gasteiger charge is 2.60. The van der Waals surface area contributed by atoms with Gasteiger partial charge in [-0.3, -0.25) is 19.4 Å². The molecule has 10 heteroatoms. The molecule has 1 heterocycles. The van der Waals surface area contributed by atoms with Crippen molar-refractivity contribution in [3.8, 4) is 0 Å². The molecule has 0 aromatic rings. The number of amides is 4. The van der Waals surface area contributed by atoms with Crippen molar-refractivity contribution in [3.63, 3.8) is 0 Å². The van der Waals surface area contributed by atoms with E-state index < -0.39 is 28.9 Å². The van der Waals surface area contributed by atoms with E-state index in [-0.39, 0.29) is 28.7 Å². The molecule has 3 aliphatic rings. The Morgan fingerprint density at radius 2 is 1.23 bits per heavy atom. The summed E-state index contributed by atoms with van der Waals surface area (Å²) in [6.45, 7) is 13.0. The molecule has 2 saturated carbocycles. The van der Waals surface area contributed by atoms with Crippen molar-refractivity contribution in [2.24, 2.45) is 25.8 Å². The minimum atomic E-state index is -0.950. The summed E-state index contributed by atoms with van der Waals surface area (Å²) in [6, 6.07) is -1.33. The molecule has 0 radical (unpaired) electrons. The SMILES string of the molecule is CC(=O)N=C1C(=O)N(C2(C)CC(N=C=O)CC(C)(C)C2)C(=O)N1C1(C)CC(N=C=O)CC(C)(C)C1. The highest BCUT2D eigenvalue weighted by Crippen LogP contribution is 2.50. The van der Waals surface area contributed by atoms with E-state index in [1.54, 1.807) is 12.2 Å². The molecule has 3 rings (SSSR count). The predicted octanol–water partition coefficient (Wildman–Crippen LogP) is 3.54. The lowest BCUT2D eigenvalue weighted by molar-refractivity contribution is -0.127. The first-order valence-corrected chi connectivity index (χ1v) is 12.0. The number of carbonyl (C=O) groups is 3. The van der Waals surface area contributed by atoms with Crippen LogP contribution < -0.4 is 0 Å². The highest BCUT2D eigenvalue weighted by molar-refractivity contribution is 6.48. The molecule has 10 nitrogen and oxygen atoms in total. The predicted molar refractivity (Wildman–Crippen MR) is 128 cm³/mol. The molecule has 3 fully saturated rings. The van der Waals surface area contributed by atoms with Gasteiger partial charge in [0.05, 0.1) is 23.2 Å². The Kier molecular flexibility index (Phi) is 6.79. The van der Waals surface area contributed by atoms with Crippen molar-refractivity contribution in [1.29, 1.82) is 0 Å². The lowest BCUT2D eigenvalue weighted by Crippen LogP contribution is -2.59. The zero-order chi connectivity index (χ0) is 26.4. The monoisotopic (exact) mass is 485 g/mol. The Labute approximate surface area is 205 Å². The number of isocyanates is 2. The van der Waals surface area contributed by atoms with Crippen LogP contribution in [0, 0.1) is 10.8 Å². The van der Waals surface area contributed by atoms with Gasteiger partial charge < -0.3 is 0 Å². The molecule has 1 aliphatic heterocycles. The third kappa shape index (κ3) is 5.19. The van der Waals surface area contributed by atoms with Crippen LogP contribution in [0.1, 0.15) is 87.0 Å². The van der Waals surface area contributed by atoms with Crippen LogP contribution in [-0.2, 0) is 19.2 Å². The smallest absolute Gasteiger partial charge is 0.273 e. The number of hydrogen-bond acceptors (Lipinski definition) is 7. The summed E-state index contributed by atoms with van der Waals surface area (Å²) in [5.74, 6) is -1.44. The van der Waals surface area contributed by atoms with E-state index in [1.807, 2.05) is 41.5 Å². The van der Waals surface area contributed by atoms with Gasteiger partial charge in [0.25, 0.3) is 5.91 Å². The van der Waals surface area contributed by atoms with Crippen molar-refractivity contribution in [2.75, 3.05) is 0 Å². The van der Waals surface area contributed by atoms with Crippen molar-refractivity contribution >= 4 is 35.8 Å². The topological polar surface area (TPSA) is 129 Å². The van der Waals surface area contributed by atoms with E-state index in [4.69, 9.17) is 0 Å². The Balaban J connectivity index is 2.12. The van der Waals surface area contributed by atoms with E-state index in [0.29, 0.717) is 38.5 Å². The summed E-state index contributed by atoms with van der Waals surface area (Å²) in [7, 11) is 0. The molecule has 0 spiro atoms. The minimum absolute atomic E-state index is 0.212. The zero-order valence-corrected chi connectivity index (χ0v) is 21.7. The Hall–Kier alpha value is -2.96. The fourth-order valence-corrected chi connectivity index (χ4v) is 7.14. The third-order valence-corrected chi connectivity index (χ3v) is 7.45. The second kappa shape index (κ2) is 8.92.